The zero-order valence-corrected chi connectivity index (χ0v) is 11.7. The maximum absolute atomic E-state index is 10.8. The second kappa shape index (κ2) is 7.34. The molecule has 0 radical (unpaired) electrons. The quantitative estimate of drug-likeness (QED) is 0.628. The molecule has 0 amide bonds. The standard InChI is InChI=1S/C15H16O3S/c1-12(16)19-11-5-4-7-13-6-2-3-8-14(13)15-17-9-10-18-15/h2-3,6,8,15H,5,9-11H2,1H3. The summed E-state index contributed by atoms with van der Waals surface area (Å²) < 4.78 is 11.0. The number of hydrogen-bond acceptors (Lipinski definition) is 4. The number of benzene rings is 1. The van der Waals surface area contributed by atoms with Crippen LogP contribution in [0.1, 0.15) is 30.8 Å². The molecule has 4 heteroatoms. The van der Waals surface area contributed by atoms with Gasteiger partial charge in [-0.25, -0.2) is 0 Å². The van der Waals surface area contributed by atoms with Gasteiger partial charge in [0.25, 0.3) is 0 Å². The molecule has 19 heavy (non-hydrogen) atoms. The molecule has 100 valence electrons. The molecule has 0 spiro atoms. The predicted octanol–water partition coefficient (Wildman–Crippen LogP) is 2.75. The Kier molecular flexibility index (Phi) is 5.46. The first-order valence-electron chi connectivity index (χ1n) is 6.22. The number of hydrogen-bond donors (Lipinski definition) is 0. The van der Waals surface area contributed by atoms with Gasteiger partial charge >= 0.3 is 0 Å². The van der Waals surface area contributed by atoms with Gasteiger partial charge in [0.15, 0.2) is 11.4 Å². The van der Waals surface area contributed by atoms with Crippen molar-refractivity contribution in [3.8, 4) is 11.8 Å². The predicted molar refractivity (Wildman–Crippen MR) is 75.7 cm³/mol. The highest BCUT2D eigenvalue weighted by Crippen LogP contribution is 2.25. The molecular formula is C15H16O3S. The molecule has 0 saturated carbocycles. The molecule has 0 bridgehead atoms. The van der Waals surface area contributed by atoms with Gasteiger partial charge in [-0.05, 0) is 6.07 Å². The SMILES string of the molecule is CC(=O)SCCC#Cc1ccccc1C1OCCO1. The molecule has 2 rings (SSSR count). The normalized spacial score (nSPS) is 15.0. The van der Waals surface area contributed by atoms with Crippen molar-refractivity contribution in [2.75, 3.05) is 19.0 Å². The molecule has 1 heterocycles. The van der Waals surface area contributed by atoms with Gasteiger partial charge in [-0.3, -0.25) is 4.79 Å². The first-order chi connectivity index (χ1) is 9.27. The van der Waals surface area contributed by atoms with E-state index in [0.29, 0.717) is 19.6 Å². The minimum Gasteiger partial charge on any atom is -0.346 e. The number of ether oxygens (including phenoxy) is 2. The van der Waals surface area contributed by atoms with Crippen LogP contribution in [0.5, 0.6) is 0 Å². The third kappa shape index (κ3) is 4.39. The summed E-state index contributed by atoms with van der Waals surface area (Å²) >= 11 is 1.31. The smallest absolute Gasteiger partial charge is 0.185 e. The molecule has 1 aliphatic heterocycles. The van der Waals surface area contributed by atoms with Gasteiger partial charge in [-0.15, -0.1) is 0 Å². The van der Waals surface area contributed by atoms with Gasteiger partial charge in [0, 0.05) is 30.2 Å². The van der Waals surface area contributed by atoms with Crippen molar-refractivity contribution in [2.24, 2.45) is 0 Å². The summed E-state index contributed by atoms with van der Waals surface area (Å²) in [6.45, 7) is 2.82. The van der Waals surface area contributed by atoms with Crippen molar-refractivity contribution >= 4 is 16.9 Å². The van der Waals surface area contributed by atoms with Crippen molar-refractivity contribution in [1.82, 2.24) is 0 Å². The van der Waals surface area contributed by atoms with Crippen LogP contribution in [0.4, 0.5) is 0 Å². The van der Waals surface area contributed by atoms with Crippen molar-refractivity contribution in [3.05, 3.63) is 35.4 Å². The van der Waals surface area contributed by atoms with E-state index in [1.165, 1.54) is 11.8 Å². The Morgan fingerprint density at radius 3 is 2.84 bits per heavy atom. The number of thioether (sulfide) groups is 1. The van der Waals surface area contributed by atoms with E-state index in [9.17, 15) is 4.79 Å². The topological polar surface area (TPSA) is 35.5 Å². The maximum atomic E-state index is 10.8. The minimum atomic E-state index is -0.294. The lowest BCUT2D eigenvalue weighted by Crippen LogP contribution is -2.00. The molecule has 0 aliphatic carbocycles. The van der Waals surface area contributed by atoms with E-state index in [1.54, 1.807) is 6.92 Å². The summed E-state index contributed by atoms with van der Waals surface area (Å²) in [6.07, 6.45) is 0.405. The fourth-order valence-corrected chi connectivity index (χ4v) is 2.25. The van der Waals surface area contributed by atoms with E-state index in [0.717, 1.165) is 16.9 Å². The Morgan fingerprint density at radius 1 is 1.37 bits per heavy atom. The highest BCUT2D eigenvalue weighted by atomic mass is 32.2. The molecule has 3 nitrogen and oxygen atoms in total. The number of carbonyl (C=O) groups is 1. The van der Waals surface area contributed by atoms with E-state index in [-0.39, 0.29) is 11.4 Å². The molecule has 1 aromatic rings. The zero-order valence-electron chi connectivity index (χ0n) is 10.8. The van der Waals surface area contributed by atoms with Gasteiger partial charge in [-0.2, -0.15) is 0 Å². The largest absolute Gasteiger partial charge is 0.346 e. The molecule has 1 fully saturated rings. The zero-order chi connectivity index (χ0) is 13.5. The Hall–Kier alpha value is -1.28. The van der Waals surface area contributed by atoms with Gasteiger partial charge in [0.2, 0.25) is 0 Å². The molecule has 0 atom stereocenters. The van der Waals surface area contributed by atoms with E-state index in [2.05, 4.69) is 11.8 Å². The highest BCUT2D eigenvalue weighted by Gasteiger charge is 2.20. The summed E-state index contributed by atoms with van der Waals surface area (Å²) in [7, 11) is 0. The molecular weight excluding hydrogens is 260 g/mol. The Morgan fingerprint density at radius 2 is 2.11 bits per heavy atom. The Balaban J connectivity index is 1.99. The van der Waals surface area contributed by atoms with Gasteiger partial charge < -0.3 is 9.47 Å². The minimum absolute atomic E-state index is 0.134. The lowest BCUT2D eigenvalue weighted by molar-refractivity contribution is -0.109. The van der Waals surface area contributed by atoms with Crippen LogP contribution >= 0.6 is 11.8 Å². The fraction of sp³-hybridized carbons (Fsp3) is 0.400. The van der Waals surface area contributed by atoms with Crippen molar-refractivity contribution in [3.63, 3.8) is 0 Å². The molecule has 0 N–H and O–H groups in total. The lowest BCUT2D eigenvalue weighted by Gasteiger charge is -2.10. The summed E-state index contributed by atoms with van der Waals surface area (Å²) in [5, 5.41) is 0.134. The van der Waals surface area contributed by atoms with Crippen LogP contribution in [-0.4, -0.2) is 24.1 Å². The van der Waals surface area contributed by atoms with E-state index in [1.807, 2.05) is 24.3 Å². The monoisotopic (exact) mass is 276 g/mol. The molecule has 0 aromatic heterocycles. The second-order valence-corrected chi connectivity index (χ2v) is 5.32. The van der Waals surface area contributed by atoms with Gasteiger partial charge in [-0.1, -0.05) is 41.8 Å². The summed E-state index contributed by atoms with van der Waals surface area (Å²) in [5.74, 6) is 6.95. The first-order valence-corrected chi connectivity index (χ1v) is 7.20. The number of carbonyl (C=O) groups excluding carboxylic acids is 1. The molecule has 1 aromatic carbocycles. The van der Waals surface area contributed by atoms with Crippen LogP contribution < -0.4 is 0 Å². The first kappa shape index (κ1) is 14.1. The van der Waals surface area contributed by atoms with Crippen molar-refractivity contribution < 1.29 is 14.3 Å². The van der Waals surface area contributed by atoms with Crippen LogP contribution in [-0.2, 0) is 14.3 Å². The summed E-state index contributed by atoms with van der Waals surface area (Å²) in [5.41, 5.74) is 1.91. The number of rotatable bonds is 3. The van der Waals surface area contributed by atoms with Crippen molar-refractivity contribution in [1.29, 1.82) is 0 Å². The van der Waals surface area contributed by atoms with Crippen LogP contribution in [0.25, 0.3) is 0 Å². The third-order valence-electron chi connectivity index (χ3n) is 2.59. The van der Waals surface area contributed by atoms with E-state index < -0.39 is 0 Å². The van der Waals surface area contributed by atoms with Crippen LogP contribution in [0.2, 0.25) is 0 Å². The molecule has 0 unspecified atom stereocenters. The van der Waals surface area contributed by atoms with E-state index >= 15 is 0 Å². The average Bonchev–Trinajstić information content (AvgIpc) is 2.92. The van der Waals surface area contributed by atoms with Gasteiger partial charge in [0.1, 0.15) is 0 Å². The van der Waals surface area contributed by atoms with E-state index in [4.69, 9.17) is 9.47 Å². The fourth-order valence-electron chi connectivity index (χ4n) is 1.76. The Bertz CT molecular complexity index is 496. The van der Waals surface area contributed by atoms with Gasteiger partial charge in [0.05, 0.1) is 13.2 Å². The average molecular weight is 276 g/mol. The van der Waals surface area contributed by atoms with Crippen LogP contribution in [0, 0.1) is 11.8 Å². The lowest BCUT2D eigenvalue weighted by atomic mass is 10.1. The van der Waals surface area contributed by atoms with Crippen LogP contribution in [0.3, 0.4) is 0 Å². The molecule has 1 aliphatic rings. The Labute approximate surface area is 117 Å². The van der Waals surface area contributed by atoms with Crippen molar-refractivity contribution in [2.45, 2.75) is 19.6 Å². The molecule has 1 saturated heterocycles. The maximum Gasteiger partial charge on any atom is 0.185 e. The summed E-state index contributed by atoms with van der Waals surface area (Å²) in [4.78, 5) is 10.8. The third-order valence-corrected chi connectivity index (χ3v) is 3.41. The second-order valence-electron chi connectivity index (χ2n) is 4.05. The highest BCUT2D eigenvalue weighted by molar-refractivity contribution is 8.13. The van der Waals surface area contributed by atoms with Crippen LogP contribution in [0.15, 0.2) is 24.3 Å². The summed E-state index contributed by atoms with van der Waals surface area (Å²) in [6, 6.07) is 7.85.